The van der Waals surface area contributed by atoms with Crippen LogP contribution in [0.4, 0.5) is 11.8 Å². The van der Waals surface area contributed by atoms with Crippen molar-refractivity contribution in [2.75, 3.05) is 11.1 Å². The predicted molar refractivity (Wildman–Crippen MR) is 73.0 cm³/mol. The summed E-state index contributed by atoms with van der Waals surface area (Å²) in [4.78, 5) is 4.22. The number of hydrogen-bond acceptors (Lipinski definition) is 7. The van der Waals surface area contributed by atoms with Gasteiger partial charge in [-0.05, 0) is 6.42 Å². The summed E-state index contributed by atoms with van der Waals surface area (Å²) in [5, 5.41) is 14.8. The van der Waals surface area contributed by atoms with E-state index in [9.17, 15) is 0 Å². The van der Waals surface area contributed by atoms with Gasteiger partial charge in [-0.1, -0.05) is 18.5 Å². The van der Waals surface area contributed by atoms with Gasteiger partial charge in [-0.15, -0.1) is 10.2 Å². The summed E-state index contributed by atoms with van der Waals surface area (Å²) in [7, 11) is 0. The number of nitrogens with zero attached hydrogens (tertiary/aromatic N) is 5. The number of aromatic nitrogens is 5. The number of hydrogen-bond donors (Lipinski definition) is 2. The Labute approximate surface area is 115 Å². The molecule has 0 amide bonds. The number of fused-ring (bicyclic) bond motifs is 1. The lowest BCUT2D eigenvalue weighted by molar-refractivity contribution is 0.381. The molecule has 3 N–H and O–H groups in total. The van der Waals surface area contributed by atoms with Crippen molar-refractivity contribution in [2.24, 2.45) is 0 Å². The SMILES string of the molecule is CCCc1cc(CNc2cc3nncn3c(N)n2)on1. The van der Waals surface area contributed by atoms with Crippen LogP contribution >= 0.6 is 0 Å². The molecule has 8 nitrogen and oxygen atoms in total. The molecule has 3 aromatic heterocycles. The zero-order chi connectivity index (χ0) is 13.9. The molecule has 20 heavy (non-hydrogen) atoms. The van der Waals surface area contributed by atoms with E-state index < -0.39 is 0 Å². The first kappa shape index (κ1) is 12.4. The Kier molecular flexibility index (Phi) is 3.20. The van der Waals surface area contributed by atoms with Gasteiger partial charge in [-0.25, -0.2) is 0 Å². The summed E-state index contributed by atoms with van der Waals surface area (Å²) in [6.07, 6.45) is 3.48. The molecular weight excluding hydrogens is 258 g/mol. The fourth-order valence-corrected chi connectivity index (χ4v) is 1.93. The first-order valence-electron chi connectivity index (χ1n) is 6.41. The summed E-state index contributed by atoms with van der Waals surface area (Å²) in [5.41, 5.74) is 7.42. The van der Waals surface area contributed by atoms with Crippen LogP contribution in [0, 0.1) is 0 Å². The van der Waals surface area contributed by atoms with E-state index in [1.807, 2.05) is 6.07 Å². The molecule has 8 heteroatoms. The number of nitrogens with one attached hydrogen (secondary N) is 1. The van der Waals surface area contributed by atoms with Gasteiger partial charge in [0.05, 0.1) is 12.2 Å². The molecule has 0 bridgehead atoms. The largest absolute Gasteiger partial charge is 0.369 e. The zero-order valence-corrected chi connectivity index (χ0v) is 11.1. The molecule has 0 aliphatic rings. The zero-order valence-electron chi connectivity index (χ0n) is 11.1. The Morgan fingerprint density at radius 3 is 3.15 bits per heavy atom. The van der Waals surface area contributed by atoms with Crippen LogP contribution in [0.5, 0.6) is 0 Å². The monoisotopic (exact) mass is 273 g/mol. The summed E-state index contributed by atoms with van der Waals surface area (Å²) >= 11 is 0. The standard InChI is InChI=1S/C12H15N7O/c1-2-3-8-4-9(20-18-8)6-14-10-5-11-17-15-7-19(11)12(13)16-10/h4-5,7,14H,2-3,6H2,1H3,(H2,13,16). The predicted octanol–water partition coefficient (Wildman–Crippen LogP) is 1.26. The van der Waals surface area contributed by atoms with Crippen molar-refractivity contribution in [1.29, 1.82) is 0 Å². The highest BCUT2D eigenvalue weighted by Crippen LogP contribution is 2.13. The van der Waals surface area contributed by atoms with Crippen LogP contribution in [0.1, 0.15) is 24.8 Å². The molecule has 0 aliphatic heterocycles. The third-order valence-electron chi connectivity index (χ3n) is 2.88. The second-order valence-electron chi connectivity index (χ2n) is 4.45. The number of nitrogen functional groups attached to an aromatic ring is 1. The van der Waals surface area contributed by atoms with Crippen LogP contribution in [0.15, 0.2) is 23.0 Å². The van der Waals surface area contributed by atoms with Gasteiger partial charge in [-0.3, -0.25) is 4.40 Å². The minimum absolute atomic E-state index is 0.333. The number of rotatable bonds is 5. The van der Waals surface area contributed by atoms with E-state index in [0.29, 0.717) is 24.0 Å². The van der Waals surface area contributed by atoms with Crippen molar-refractivity contribution in [2.45, 2.75) is 26.3 Å². The molecule has 3 aromatic rings. The average Bonchev–Trinajstić information content (AvgIpc) is 3.06. The van der Waals surface area contributed by atoms with Crippen molar-refractivity contribution >= 4 is 17.4 Å². The second kappa shape index (κ2) is 5.16. The van der Waals surface area contributed by atoms with Crippen LogP contribution in [-0.4, -0.2) is 24.7 Å². The van der Waals surface area contributed by atoms with Crippen molar-refractivity contribution in [3.63, 3.8) is 0 Å². The lowest BCUT2D eigenvalue weighted by Crippen LogP contribution is -2.05. The highest BCUT2D eigenvalue weighted by Gasteiger charge is 2.06. The maximum Gasteiger partial charge on any atom is 0.209 e. The molecule has 0 aliphatic carbocycles. The summed E-state index contributed by atoms with van der Waals surface area (Å²) < 4.78 is 6.85. The highest BCUT2D eigenvalue weighted by atomic mass is 16.5. The summed E-state index contributed by atoms with van der Waals surface area (Å²) in [5.74, 6) is 1.71. The lowest BCUT2D eigenvalue weighted by Gasteiger charge is -2.04. The quantitative estimate of drug-likeness (QED) is 0.720. The molecule has 0 saturated carbocycles. The summed E-state index contributed by atoms with van der Waals surface area (Å²) in [6, 6.07) is 3.71. The molecular formula is C12H15N7O. The molecule has 0 unspecified atom stereocenters. The molecule has 0 spiro atoms. The Balaban J connectivity index is 1.72. The minimum atomic E-state index is 0.333. The molecule has 0 radical (unpaired) electrons. The first-order valence-corrected chi connectivity index (χ1v) is 6.41. The van der Waals surface area contributed by atoms with Crippen molar-refractivity contribution in [3.05, 3.63) is 29.9 Å². The fraction of sp³-hybridized carbons (Fsp3) is 0.333. The van der Waals surface area contributed by atoms with Gasteiger partial charge in [0.2, 0.25) is 5.95 Å². The second-order valence-corrected chi connectivity index (χ2v) is 4.45. The van der Waals surface area contributed by atoms with Crippen LogP contribution in [0.25, 0.3) is 5.65 Å². The molecule has 0 fully saturated rings. The van der Waals surface area contributed by atoms with E-state index in [1.54, 1.807) is 10.5 Å². The van der Waals surface area contributed by atoms with Gasteiger partial charge in [0.25, 0.3) is 0 Å². The maximum atomic E-state index is 5.81. The van der Waals surface area contributed by atoms with Gasteiger partial charge in [-0.2, -0.15) is 4.98 Å². The molecule has 3 heterocycles. The Morgan fingerprint density at radius 2 is 2.30 bits per heavy atom. The molecule has 3 rings (SSSR count). The van der Waals surface area contributed by atoms with Crippen molar-refractivity contribution in [3.8, 4) is 0 Å². The average molecular weight is 273 g/mol. The van der Waals surface area contributed by atoms with E-state index in [2.05, 4.69) is 32.6 Å². The van der Waals surface area contributed by atoms with E-state index >= 15 is 0 Å². The van der Waals surface area contributed by atoms with Crippen LogP contribution in [0.3, 0.4) is 0 Å². The van der Waals surface area contributed by atoms with Crippen LogP contribution in [-0.2, 0) is 13.0 Å². The first-order chi connectivity index (χ1) is 9.76. The van der Waals surface area contributed by atoms with E-state index in [4.69, 9.17) is 10.3 Å². The normalized spacial score (nSPS) is 11.1. The number of aryl methyl sites for hydroxylation is 1. The Bertz CT molecular complexity index is 717. The Hall–Kier alpha value is -2.64. The highest BCUT2D eigenvalue weighted by molar-refractivity contribution is 5.53. The third kappa shape index (κ3) is 2.40. The van der Waals surface area contributed by atoms with Crippen LogP contribution in [0.2, 0.25) is 0 Å². The maximum absolute atomic E-state index is 5.81. The van der Waals surface area contributed by atoms with Crippen molar-refractivity contribution < 1.29 is 4.52 Å². The van der Waals surface area contributed by atoms with Crippen LogP contribution < -0.4 is 11.1 Å². The smallest absolute Gasteiger partial charge is 0.209 e. The summed E-state index contributed by atoms with van der Waals surface area (Å²) in [6.45, 7) is 2.60. The fourth-order valence-electron chi connectivity index (χ4n) is 1.93. The van der Waals surface area contributed by atoms with Crippen molar-refractivity contribution in [1.82, 2.24) is 24.7 Å². The van der Waals surface area contributed by atoms with Gasteiger partial charge in [0.15, 0.2) is 11.4 Å². The molecule has 0 atom stereocenters. The van der Waals surface area contributed by atoms with E-state index in [-0.39, 0.29) is 0 Å². The van der Waals surface area contributed by atoms with Gasteiger partial charge >= 0.3 is 0 Å². The lowest BCUT2D eigenvalue weighted by atomic mass is 10.2. The Morgan fingerprint density at radius 1 is 1.40 bits per heavy atom. The minimum Gasteiger partial charge on any atom is -0.369 e. The molecule has 0 saturated heterocycles. The van der Waals surface area contributed by atoms with Gasteiger partial charge < -0.3 is 15.6 Å². The topological polar surface area (TPSA) is 107 Å². The van der Waals surface area contributed by atoms with Gasteiger partial charge in [0, 0.05) is 12.1 Å². The van der Waals surface area contributed by atoms with Gasteiger partial charge in [0.1, 0.15) is 12.1 Å². The molecule has 0 aromatic carbocycles. The third-order valence-corrected chi connectivity index (χ3v) is 2.88. The van der Waals surface area contributed by atoms with E-state index in [1.165, 1.54) is 6.33 Å². The number of anilines is 2. The molecule has 104 valence electrons. The van der Waals surface area contributed by atoms with E-state index in [0.717, 1.165) is 24.3 Å². The number of nitrogens with two attached hydrogens (primary N) is 1.